The van der Waals surface area contributed by atoms with Gasteiger partial charge in [-0.3, -0.25) is 0 Å². The third-order valence-corrected chi connectivity index (χ3v) is 3.65. The van der Waals surface area contributed by atoms with Gasteiger partial charge in [-0.05, 0) is 30.5 Å². The predicted molar refractivity (Wildman–Crippen MR) is 74.5 cm³/mol. The van der Waals surface area contributed by atoms with Crippen LogP contribution in [0.3, 0.4) is 0 Å². The zero-order valence-corrected chi connectivity index (χ0v) is 11.1. The molecule has 1 N–H and O–H groups in total. The smallest absolute Gasteiger partial charge is 0.0361 e. The van der Waals surface area contributed by atoms with Gasteiger partial charge < -0.3 is 10.2 Å². The maximum atomic E-state index is 3.67. The van der Waals surface area contributed by atoms with Crippen molar-refractivity contribution in [3.05, 3.63) is 29.8 Å². The van der Waals surface area contributed by atoms with Gasteiger partial charge in [-0.15, -0.1) is 0 Å². The first-order valence-corrected chi connectivity index (χ1v) is 6.75. The van der Waals surface area contributed by atoms with Crippen LogP contribution in [0.5, 0.6) is 0 Å². The number of nitrogens with zero attached hydrogens (tertiary/aromatic N) is 1. The van der Waals surface area contributed by atoms with E-state index >= 15 is 0 Å². The van der Waals surface area contributed by atoms with E-state index in [1.165, 1.54) is 43.4 Å². The molecule has 0 aromatic heterocycles. The lowest BCUT2D eigenvalue weighted by atomic mass is 9.95. The summed E-state index contributed by atoms with van der Waals surface area (Å²) in [6.45, 7) is 1.01. The van der Waals surface area contributed by atoms with E-state index in [9.17, 15) is 0 Å². The molecule has 1 saturated carbocycles. The standard InChI is InChI=1S/C15H24N2/c1-17(2)15-10-8-13(9-11-15)12-16-14-6-4-3-5-7-14/h8-11,14,16H,3-7,12H2,1-2H3. The number of hydrogen-bond acceptors (Lipinski definition) is 2. The lowest BCUT2D eigenvalue weighted by Gasteiger charge is -2.23. The highest BCUT2D eigenvalue weighted by molar-refractivity contribution is 5.45. The molecule has 2 nitrogen and oxygen atoms in total. The summed E-state index contributed by atoms with van der Waals surface area (Å²) < 4.78 is 0. The Bertz CT molecular complexity index is 323. The summed E-state index contributed by atoms with van der Waals surface area (Å²) in [5.41, 5.74) is 2.66. The summed E-state index contributed by atoms with van der Waals surface area (Å²) in [4.78, 5) is 2.14. The average Bonchev–Trinajstić information content (AvgIpc) is 2.38. The fourth-order valence-electron chi connectivity index (χ4n) is 2.48. The van der Waals surface area contributed by atoms with Crippen molar-refractivity contribution >= 4 is 5.69 Å². The fourth-order valence-corrected chi connectivity index (χ4v) is 2.48. The van der Waals surface area contributed by atoms with Crippen molar-refractivity contribution < 1.29 is 0 Å². The van der Waals surface area contributed by atoms with Crippen molar-refractivity contribution in [2.45, 2.75) is 44.7 Å². The average molecular weight is 232 g/mol. The number of nitrogens with one attached hydrogen (secondary N) is 1. The van der Waals surface area contributed by atoms with E-state index in [1.807, 2.05) is 0 Å². The molecule has 0 saturated heterocycles. The monoisotopic (exact) mass is 232 g/mol. The fraction of sp³-hybridized carbons (Fsp3) is 0.600. The molecule has 0 atom stereocenters. The molecule has 1 aromatic carbocycles. The van der Waals surface area contributed by atoms with E-state index in [1.54, 1.807) is 0 Å². The predicted octanol–water partition coefficient (Wildman–Crippen LogP) is 3.17. The number of hydrogen-bond donors (Lipinski definition) is 1. The van der Waals surface area contributed by atoms with Crippen LogP contribution >= 0.6 is 0 Å². The Balaban J connectivity index is 1.82. The van der Waals surface area contributed by atoms with Crippen LogP contribution in [0.15, 0.2) is 24.3 Å². The van der Waals surface area contributed by atoms with Gasteiger partial charge in [-0.1, -0.05) is 31.4 Å². The molecule has 1 aromatic rings. The Morgan fingerprint density at radius 3 is 2.29 bits per heavy atom. The second-order valence-electron chi connectivity index (χ2n) is 5.28. The minimum absolute atomic E-state index is 0.747. The van der Waals surface area contributed by atoms with Crippen molar-refractivity contribution in [1.29, 1.82) is 0 Å². The van der Waals surface area contributed by atoms with E-state index in [2.05, 4.69) is 48.6 Å². The van der Waals surface area contributed by atoms with Crippen LogP contribution in [0, 0.1) is 0 Å². The van der Waals surface area contributed by atoms with Crippen LogP contribution in [0.2, 0.25) is 0 Å². The molecule has 0 radical (unpaired) electrons. The Kier molecular flexibility index (Phi) is 4.43. The van der Waals surface area contributed by atoms with Crippen LogP contribution in [0.25, 0.3) is 0 Å². The lowest BCUT2D eigenvalue weighted by molar-refractivity contribution is 0.372. The Morgan fingerprint density at radius 2 is 1.71 bits per heavy atom. The van der Waals surface area contributed by atoms with E-state index in [0.717, 1.165) is 12.6 Å². The molecule has 2 rings (SSSR count). The molecule has 0 spiro atoms. The highest BCUT2D eigenvalue weighted by Crippen LogP contribution is 2.18. The van der Waals surface area contributed by atoms with Crippen molar-refractivity contribution in [2.75, 3.05) is 19.0 Å². The van der Waals surface area contributed by atoms with E-state index < -0.39 is 0 Å². The summed E-state index contributed by atoms with van der Waals surface area (Å²) in [5, 5.41) is 3.67. The van der Waals surface area contributed by atoms with Gasteiger partial charge in [0, 0.05) is 32.4 Å². The SMILES string of the molecule is CN(C)c1ccc(CNC2CCCCC2)cc1. The van der Waals surface area contributed by atoms with Crippen molar-refractivity contribution in [3.8, 4) is 0 Å². The molecular weight excluding hydrogens is 208 g/mol. The first-order chi connectivity index (χ1) is 8.25. The molecule has 0 aliphatic heterocycles. The first-order valence-electron chi connectivity index (χ1n) is 6.75. The molecular formula is C15H24N2. The zero-order chi connectivity index (χ0) is 12.1. The third-order valence-electron chi connectivity index (χ3n) is 3.65. The minimum atomic E-state index is 0.747. The van der Waals surface area contributed by atoms with Crippen LogP contribution in [-0.4, -0.2) is 20.1 Å². The number of benzene rings is 1. The van der Waals surface area contributed by atoms with Crippen LogP contribution in [-0.2, 0) is 6.54 Å². The number of anilines is 1. The second kappa shape index (κ2) is 6.06. The third kappa shape index (κ3) is 3.74. The second-order valence-corrected chi connectivity index (χ2v) is 5.28. The zero-order valence-electron chi connectivity index (χ0n) is 11.1. The molecule has 0 amide bonds. The summed E-state index contributed by atoms with van der Waals surface area (Å²) in [6.07, 6.45) is 6.94. The number of rotatable bonds is 4. The van der Waals surface area contributed by atoms with Gasteiger partial charge in [0.05, 0.1) is 0 Å². The van der Waals surface area contributed by atoms with Gasteiger partial charge in [0.2, 0.25) is 0 Å². The van der Waals surface area contributed by atoms with Gasteiger partial charge in [0.15, 0.2) is 0 Å². The maximum absolute atomic E-state index is 3.67. The Labute approximate surface area is 105 Å². The minimum Gasteiger partial charge on any atom is -0.378 e. The summed E-state index contributed by atoms with van der Waals surface area (Å²) in [6, 6.07) is 9.59. The summed E-state index contributed by atoms with van der Waals surface area (Å²) in [7, 11) is 4.16. The molecule has 0 heterocycles. The van der Waals surface area contributed by atoms with Crippen LogP contribution in [0.1, 0.15) is 37.7 Å². The molecule has 0 bridgehead atoms. The first kappa shape index (κ1) is 12.4. The molecule has 1 aliphatic rings. The van der Waals surface area contributed by atoms with Gasteiger partial charge in [-0.2, -0.15) is 0 Å². The lowest BCUT2D eigenvalue weighted by Crippen LogP contribution is -2.30. The van der Waals surface area contributed by atoms with E-state index in [0.29, 0.717) is 0 Å². The summed E-state index contributed by atoms with van der Waals surface area (Å²) in [5.74, 6) is 0. The van der Waals surface area contributed by atoms with Crippen LogP contribution in [0.4, 0.5) is 5.69 Å². The highest BCUT2D eigenvalue weighted by Gasteiger charge is 2.12. The van der Waals surface area contributed by atoms with E-state index in [4.69, 9.17) is 0 Å². The van der Waals surface area contributed by atoms with Gasteiger partial charge in [0.25, 0.3) is 0 Å². The Morgan fingerprint density at radius 1 is 1.06 bits per heavy atom. The summed E-state index contributed by atoms with van der Waals surface area (Å²) >= 11 is 0. The molecule has 2 heteroatoms. The molecule has 17 heavy (non-hydrogen) atoms. The maximum Gasteiger partial charge on any atom is 0.0361 e. The molecule has 1 aliphatic carbocycles. The molecule has 0 unspecified atom stereocenters. The quantitative estimate of drug-likeness (QED) is 0.857. The molecule has 94 valence electrons. The topological polar surface area (TPSA) is 15.3 Å². The van der Waals surface area contributed by atoms with Crippen LogP contribution < -0.4 is 10.2 Å². The van der Waals surface area contributed by atoms with Crippen molar-refractivity contribution in [3.63, 3.8) is 0 Å². The normalized spacial score (nSPS) is 17.1. The van der Waals surface area contributed by atoms with Crippen molar-refractivity contribution in [1.82, 2.24) is 5.32 Å². The van der Waals surface area contributed by atoms with E-state index in [-0.39, 0.29) is 0 Å². The molecule has 1 fully saturated rings. The van der Waals surface area contributed by atoms with Gasteiger partial charge in [0.1, 0.15) is 0 Å². The van der Waals surface area contributed by atoms with Crippen molar-refractivity contribution in [2.24, 2.45) is 0 Å². The van der Waals surface area contributed by atoms with Gasteiger partial charge in [-0.25, -0.2) is 0 Å². The largest absolute Gasteiger partial charge is 0.378 e. The highest BCUT2D eigenvalue weighted by atomic mass is 15.1. The van der Waals surface area contributed by atoms with Gasteiger partial charge >= 0.3 is 0 Å². The Hall–Kier alpha value is -1.02.